The third-order valence-corrected chi connectivity index (χ3v) is 4.76. The molecule has 5 nitrogen and oxygen atoms in total. The van der Waals surface area contributed by atoms with Crippen LogP contribution >= 0.6 is 15.9 Å². The van der Waals surface area contributed by atoms with Gasteiger partial charge in [0.15, 0.2) is 0 Å². The molecule has 0 aromatic carbocycles. The number of primary amides is 1. The molecule has 1 aromatic heterocycles. The van der Waals surface area contributed by atoms with Crippen molar-refractivity contribution in [2.24, 2.45) is 5.73 Å². The number of amides is 2. The molecule has 0 unspecified atom stereocenters. The lowest BCUT2D eigenvalue weighted by Gasteiger charge is -2.28. The number of nitrogens with zero attached hydrogens (tertiary/aromatic N) is 2. The zero-order chi connectivity index (χ0) is 15.0. The van der Waals surface area contributed by atoms with Gasteiger partial charge in [-0.05, 0) is 47.7 Å². The van der Waals surface area contributed by atoms with Crippen molar-refractivity contribution >= 4 is 27.7 Å². The van der Waals surface area contributed by atoms with Gasteiger partial charge in [0.05, 0.1) is 6.54 Å². The summed E-state index contributed by atoms with van der Waals surface area (Å²) in [4.78, 5) is 25.9. The normalized spacial score (nSPS) is 18.9. The molecule has 2 saturated carbocycles. The number of carbonyl (C=O) groups excluding carboxylic acids is 2. The van der Waals surface area contributed by atoms with Crippen LogP contribution in [0.3, 0.4) is 0 Å². The summed E-state index contributed by atoms with van der Waals surface area (Å²) in [6.45, 7) is 0.0109. The molecule has 0 aliphatic heterocycles. The highest BCUT2D eigenvalue weighted by Crippen LogP contribution is 2.38. The van der Waals surface area contributed by atoms with E-state index in [4.69, 9.17) is 5.73 Å². The Kier molecular flexibility index (Phi) is 4.06. The number of aromatic nitrogens is 1. The second-order valence-corrected chi connectivity index (χ2v) is 6.94. The van der Waals surface area contributed by atoms with Crippen LogP contribution in [0.4, 0.5) is 0 Å². The lowest BCUT2D eigenvalue weighted by Crippen LogP contribution is -2.44. The van der Waals surface area contributed by atoms with E-state index >= 15 is 0 Å². The van der Waals surface area contributed by atoms with Crippen molar-refractivity contribution in [1.29, 1.82) is 0 Å². The predicted molar refractivity (Wildman–Crippen MR) is 82.9 cm³/mol. The standard InChI is InChI=1S/C15H20BrN3O2/c16-10-7-13(18(8-10)12-5-6-12)15(21)19(9-14(17)20)11-3-1-2-4-11/h7-8,11-12H,1-6,9H2,(H2,17,20). The van der Waals surface area contributed by atoms with Crippen molar-refractivity contribution < 1.29 is 9.59 Å². The summed E-state index contributed by atoms with van der Waals surface area (Å²) < 4.78 is 2.94. The SMILES string of the molecule is NC(=O)CN(C(=O)c1cc(Br)cn1C1CC1)C1CCCC1. The average molecular weight is 354 g/mol. The molecule has 0 bridgehead atoms. The van der Waals surface area contributed by atoms with Gasteiger partial charge in [0.1, 0.15) is 5.69 Å². The van der Waals surface area contributed by atoms with Crippen molar-refractivity contribution in [3.8, 4) is 0 Å². The maximum absolute atomic E-state index is 12.9. The van der Waals surface area contributed by atoms with Crippen LogP contribution in [-0.4, -0.2) is 33.9 Å². The molecule has 21 heavy (non-hydrogen) atoms. The fourth-order valence-electron chi connectivity index (χ4n) is 3.17. The van der Waals surface area contributed by atoms with Crippen molar-refractivity contribution in [1.82, 2.24) is 9.47 Å². The molecule has 2 fully saturated rings. The first kappa shape index (κ1) is 14.6. The molecule has 114 valence electrons. The van der Waals surface area contributed by atoms with Gasteiger partial charge in [0.25, 0.3) is 5.91 Å². The Morgan fingerprint density at radius 3 is 2.52 bits per heavy atom. The Labute approximate surface area is 132 Å². The van der Waals surface area contributed by atoms with Crippen molar-refractivity contribution in [2.45, 2.75) is 50.6 Å². The maximum Gasteiger partial charge on any atom is 0.271 e. The van der Waals surface area contributed by atoms with E-state index in [0.717, 1.165) is 43.0 Å². The Bertz CT molecular complexity index is 559. The summed E-state index contributed by atoms with van der Waals surface area (Å²) in [5.74, 6) is -0.517. The van der Waals surface area contributed by atoms with Crippen molar-refractivity contribution in [3.63, 3.8) is 0 Å². The first-order valence-corrected chi connectivity index (χ1v) is 8.32. The molecule has 2 amide bonds. The van der Waals surface area contributed by atoms with Crippen molar-refractivity contribution in [3.05, 3.63) is 22.4 Å². The van der Waals surface area contributed by atoms with Crippen LogP contribution in [0.1, 0.15) is 55.1 Å². The van der Waals surface area contributed by atoms with Crippen LogP contribution in [0.25, 0.3) is 0 Å². The molecule has 0 atom stereocenters. The van der Waals surface area contributed by atoms with E-state index < -0.39 is 5.91 Å². The van der Waals surface area contributed by atoms with Gasteiger partial charge in [-0.25, -0.2) is 0 Å². The molecule has 2 aliphatic rings. The van der Waals surface area contributed by atoms with E-state index in [2.05, 4.69) is 15.9 Å². The lowest BCUT2D eigenvalue weighted by molar-refractivity contribution is -0.119. The minimum Gasteiger partial charge on any atom is -0.368 e. The van der Waals surface area contributed by atoms with E-state index in [1.807, 2.05) is 16.8 Å². The molecular weight excluding hydrogens is 334 g/mol. The van der Waals surface area contributed by atoms with Gasteiger partial charge < -0.3 is 15.2 Å². The number of nitrogens with two attached hydrogens (primary N) is 1. The van der Waals surface area contributed by atoms with E-state index in [0.29, 0.717) is 11.7 Å². The fraction of sp³-hybridized carbons (Fsp3) is 0.600. The lowest BCUT2D eigenvalue weighted by atomic mass is 10.2. The van der Waals surface area contributed by atoms with Crippen LogP contribution in [0.5, 0.6) is 0 Å². The monoisotopic (exact) mass is 353 g/mol. The van der Waals surface area contributed by atoms with Gasteiger partial charge in [0.2, 0.25) is 5.91 Å². The van der Waals surface area contributed by atoms with E-state index in [-0.39, 0.29) is 18.5 Å². The predicted octanol–water partition coefficient (Wildman–Crippen LogP) is 2.46. The largest absolute Gasteiger partial charge is 0.368 e. The average Bonchev–Trinajstić information content (AvgIpc) is 2.98. The molecule has 1 heterocycles. The van der Waals surface area contributed by atoms with Gasteiger partial charge in [-0.1, -0.05) is 12.8 Å². The highest BCUT2D eigenvalue weighted by Gasteiger charge is 2.33. The van der Waals surface area contributed by atoms with E-state index in [9.17, 15) is 9.59 Å². The van der Waals surface area contributed by atoms with Crippen LogP contribution < -0.4 is 5.73 Å². The molecular formula is C15H20BrN3O2. The van der Waals surface area contributed by atoms with Gasteiger partial charge in [0, 0.05) is 22.8 Å². The number of halogens is 1. The topological polar surface area (TPSA) is 68.3 Å². The molecule has 0 spiro atoms. The third kappa shape index (κ3) is 3.15. The zero-order valence-corrected chi connectivity index (χ0v) is 13.5. The summed E-state index contributed by atoms with van der Waals surface area (Å²) in [7, 11) is 0. The zero-order valence-electron chi connectivity index (χ0n) is 11.9. The summed E-state index contributed by atoms with van der Waals surface area (Å²) in [5, 5.41) is 0. The Hall–Kier alpha value is -1.30. The Balaban J connectivity index is 1.87. The van der Waals surface area contributed by atoms with Crippen LogP contribution in [0.15, 0.2) is 16.7 Å². The van der Waals surface area contributed by atoms with E-state index in [1.54, 1.807) is 4.90 Å². The second-order valence-electron chi connectivity index (χ2n) is 6.02. The molecule has 2 N–H and O–H groups in total. The van der Waals surface area contributed by atoms with Crippen LogP contribution in [0.2, 0.25) is 0 Å². The van der Waals surface area contributed by atoms with E-state index in [1.165, 1.54) is 0 Å². The number of hydrogen-bond donors (Lipinski definition) is 1. The second kappa shape index (κ2) is 5.83. The highest BCUT2D eigenvalue weighted by atomic mass is 79.9. The molecule has 6 heteroatoms. The minimum absolute atomic E-state index is 0.0109. The third-order valence-electron chi connectivity index (χ3n) is 4.33. The first-order chi connectivity index (χ1) is 10.1. The van der Waals surface area contributed by atoms with Gasteiger partial charge in [-0.2, -0.15) is 0 Å². The molecule has 0 radical (unpaired) electrons. The number of hydrogen-bond acceptors (Lipinski definition) is 2. The molecule has 3 rings (SSSR count). The highest BCUT2D eigenvalue weighted by molar-refractivity contribution is 9.10. The minimum atomic E-state index is -0.446. The van der Waals surface area contributed by atoms with Gasteiger partial charge in [-0.15, -0.1) is 0 Å². The quantitative estimate of drug-likeness (QED) is 0.883. The maximum atomic E-state index is 12.9. The smallest absolute Gasteiger partial charge is 0.271 e. The van der Waals surface area contributed by atoms with Crippen LogP contribution in [0, 0.1) is 0 Å². The summed E-state index contributed by atoms with van der Waals surface area (Å²) in [6, 6.07) is 2.42. The summed E-state index contributed by atoms with van der Waals surface area (Å²) in [5.41, 5.74) is 6.01. The Morgan fingerprint density at radius 2 is 1.95 bits per heavy atom. The summed E-state index contributed by atoms with van der Waals surface area (Å²) in [6.07, 6.45) is 8.33. The molecule has 0 saturated heterocycles. The van der Waals surface area contributed by atoms with Crippen LogP contribution in [-0.2, 0) is 4.79 Å². The first-order valence-electron chi connectivity index (χ1n) is 7.53. The van der Waals surface area contributed by atoms with Gasteiger partial charge in [-0.3, -0.25) is 9.59 Å². The number of carbonyl (C=O) groups is 2. The molecule has 1 aromatic rings. The number of rotatable bonds is 5. The Morgan fingerprint density at radius 1 is 1.29 bits per heavy atom. The van der Waals surface area contributed by atoms with Gasteiger partial charge >= 0.3 is 0 Å². The summed E-state index contributed by atoms with van der Waals surface area (Å²) >= 11 is 3.45. The van der Waals surface area contributed by atoms with Crippen molar-refractivity contribution in [2.75, 3.05) is 6.54 Å². The molecule has 2 aliphatic carbocycles. The fourth-order valence-corrected chi connectivity index (χ4v) is 3.61.